The second-order valence-electron chi connectivity index (χ2n) is 11.9. The number of halogens is 1. The second kappa shape index (κ2) is 18.1. The highest BCUT2D eigenvalue weighted by Crippen LogP contribution is 2.32. The van der Waals surface area contributed by atoms with E-state index in [1.54, 1.807) is 12.1 Å². The first-order chi connectivity index (χ1) is 19.3. The Bertz CT molecular complexity index is 1090. The fourth-order valence-corrected chi connectivity index (χ4v) is 5.55. The fraction of sp³-hybridized carbons (Fsp3) is 0.588. The summed E-state index contributed by atoms with van der Waals surface area (Å²) in [5.74, 6) is 0.829. The van der Waals surface area contributed by atoms with Crippen LogP contribution in [0.1, 0.15) is 94.4 Å². The quantitative estimate of drug-likeness (QED) is 0.149. The van der Waals surface area contributed by atoms with E-state index in [0.29, 0.717) is 36.8 Å². The highest BCUT2D eigenvalue weighted by Gasteiger charge is 2.28. The summed E-state index contributed by atoms with van der Waals surface area (Å²) in [7, 11) is 0. The minimum atomic E-state index is -0.716. The molecule has 2 aromatic carbocycles. The third kappa shape index (κ3) is 12.4. The lowest BCUT2D eigenvalue weighted by Gasteiger charge is -2.30. The van der Waals surface area contributed by atoms with Gasteiger partial charge < -0.3 is 19.9 Å². The van der Waals surface area contributed by atoms with Crippen molar-refractivity contribution in [3.8, 4) is 11.8 Å². The number of carbonyl (C=O) groups excluding carboxylic acids is 1. The highest BCUT2D eigenvalue weighted by molar-refractivity contribution is 5.85. The molecule has 0 radical (unpaired) electrons. The van der Waals surface area contributed by atoms with Crippen LogP contribution in [0.15, 0.2) is 42.5 Å². The number of β-amino-alcohol motifs (C(OH)–C–C–N with tert-alkyl or cyclic N) is 1. The van der Waals surface area contributed by atoms with Crippen LogP contribution in [0.4, 0.5) is 0 Å². The maximum atomic E-state index is 12.1. The van der Waals surface area contributed by atoms with Crippen LogP contribution >= 0.6 is 12.4 Å². The van der Waals surface area contributed by atoms with Gasteiger partial charge in [-0.3, -0.25) is 4.79 Å². The molecular weight excluding hydrogens is 536 g/mol. The van der Waals surface area contributed by atoms with Crippen molar-refractivity contribution >= 4 is 18.4 Å². The predicted molar refractivity (Wildman–Crippen MR) is 167 cm³/mol. The number of fused-ring (bicyclic) bond motifs is 1. The molecule has 226 valence electrons. The van der Waals surface area contributed by atoms with Gasteiger partial charge in [-0.2, -0.15) is 5.26 Å². The molecule has 3 rings (SSSR count). The molecule has 1 unspecified atom stereocenters. The van der Waals surface area contributed by atoms with Gasteiger partial charge in [0.15, 0.2) is 0 Å². The highest BCUT2D eigenvalue weighted by atomic mass is 35.5. The van der Waals surface area contributed by atoms with Gasteiger partial charge in [-0.15, -0.1) is 12.4 Å². The van der Waals surface area contributed by atoms with Crippen molar-refractivity contribution < 1.29 is 19.4 Å². The van der Waals surface area contributed by atoms with E-state index < -0.39 is 6.10 Å². The Hall–Kier alpha value is -2.59. The van der Waals surface area contributed by atoms with Gasteiger partial charge in [0.2, 0.25) is 0 Å². The standard InChI is InChI=1S/C34H48N2O4.ClH/c1-4-5-6-7-8-11-18-39-33(38)17-15-26-14-16-30(23-35)32(21-26)40-25-31(37)24-36-34(2,3)22-27-19-28-12-9-10-13-29(28)20-27;/h9-10,12-14,16,21,27,31,36-37H,4-8,11,15,17-20,22,24-25H2,1-3H3;1H. The number of carbonyl (C=O) groups is 1. The van der Waals surface area contributed by atoms with Gasteiger partial charge >= 0.3 is 5.97 Å². The molecule has 0 saturated carbocycles. The van der Waals surface area contributed by atoms with E-state index >= 15 is 0 Å². The number of unbranched alkanes of at least 4 members (excludes halogenated alkanes) is 5. The summed E-state index contributed by atoms with van der Waals surface area (Å²) in [4.78, 5) is 12.1. The normalized spacial score (nSPS) is 13.6. The van der Waals surface area contributed by atoms with Gasteiger partial charge in [0.25, 0.3) is 0 Å². The lowest BCUT2D eigenvalue weighted by atomic mass is 9.88. The number of ether oxygens (including phenoxy) is 2. The number of aliphatic hydroxyl groups is 1. The Kier molecular flexibility index (Phi) is 15.2. The molecule has 0 fully saturated rings. The maximum Gasteiger partial charge on any atom is 0.306 e. The zero-order chi connectivity index (χ0) is 28.8. The van der Waals surface area contributed by atoms with Crippen molar-refractivity contribution in [3.05, 3.63) is 64.7 Å². The molecule has 1 aliphatic rings. The molecule has 2 N–H and O–H groups in total. The predicted octanol–water partition coefficient (Wildman–Crippen LogP) is 6.73. The molecule has 2 aromatic rings. The molecule has 0 bridgehead atoms. The maximum absolute atomic E-state index is 12.1. The minimum Gasteiger partial charge on any atom is -0.489 e. The van der Waals surface area contributed by atoms with Crippen molar-refractivity contribution in [1.82, 2.24) is 5.32 Å². The van der Waals surface area contributed by atoms with E-state index in [1.807, 2.05) is 6.07 Å². The zero-order valence-corrected chi connectivity index (χ0v) is 25.9. The molecule has 0 spiro atoms. The van der Waals surface area contributed by atoms with Crippen molar-refractivity contribution in [1.29, 1.82) is 5.26 Å². The van der Waals surface area contributed by atoms with Crippen LogP contribution in [0.2, 0.25) is 0 Å². The van der Waals surface area contributed by atoms with Crippen LogP contribution in [0.3, 0.4) is 0 Å². The van der Waals surface area contributed by atoms with Gasteiger partial charge in [0.1, 0.15) is 24.5 Å². The summed E-state index contributed by atoms with van der Waals surface area (Å²) < 4.78 is 11.2. The van der Waals surface area contributed by atoms with Gasteiger partial charge in [-0.25, -0.2) is 0 Å². The van der Waals surface area contributed by atoms with Crippen LogP contribution in [-0.2, 0) is 28.8 Å². The average Bonchev–Trinajstić information content (AvgIpc) is 3.35. The van der Waals surface area contributed by atoms with Crippen LogP contribution in [-0.4, -0.2) is 42.5 Å². The first-order valence-corrected chi connectivity index (χ1v) is 15.1. The summed E-state index contributed by atoms with van der Waals surface area (Å²) >= 11 is 0. The number of benzene rings is 2. The summed E-state index contributed by atoms with van der Waals surface area (Å²) in [5, 5.41) is 23.6. The van der Waals surface area contributed by atoms with Gasteiger partial charge in [-0.05, 0) is 80.7 Å². The summed E-state index contributed by atoms with van der Waals surface area (Å²) in [6, 6.07) is 16.2. The van der Waals surface area contributed by atoms with Crippen molar-refractivity contribution in [2.75, 3.05) is 19.8 Å². The van der Waals surface area contributed by atoms with E-state index in [9.17, 15) is 15.2 Å². The third-order valence-electron chi connectivity index (χ3n) is 7.73. The summed E-state index contributed by atoms with van der Waals surface area (Å²) in [6.45, 7) is 7.52. The first kappa shape index (κ1) is 34.6. The van der Waals surface area contributed by atoms with Crippen LogP contribution < -0.4 is 10.1 Å². The molecular formula is C34H49ClN2O4. The Morgan fingerprint density at radius 1 is 1.10 bits per heavy atom. The topological polar surface area (TPSA) is 91.6 Å². The molecule has 1 atom stereocenters. The second-order valence-corrected chi connectivity index (χ2v) is 11.9. The molecule has 0 aromatic heterocycles. The molecule has 7 heteroatoms. The number of hydrogen-bond acceptors (Lipinski definition) is 6. The molecule has 1 aliphatic carbocycles. The largest absolute Gasteiger partial charge is 0.489 e. The molecule has 6 nitrogen and oxygen atoms in total. The lowest BCUT2D eigenvalue weighted by molar-refractivity contribution is -0.143. The van der Waals surface area contributed by atoms with Crippen LogP contribution in [0.5, 0.6) is 5.75 Å². The van der Waals surface area contributed by atoms with E-state index in [-0.39, 0.29) is 36.9 Å². The number of esters is 1. The van der Waals surface area contributed by atoms with Crippen LogP contribution in [0, 0.1) is 17.2 Å². The van der Waals surface area contributed by atoms with Gasteiger partial charge in [0, 0.05) is 18.5 Å². The third-order valence-corrected chi connectivity index (χ3v) is 7.73. The number of aryl methyl sites for hydroxylation is 1. The van der Waals surface area contributed by atoms with Crippen LogP contribution in [0.25, 0.3) is 0 Å². The monoisotopic (exact) mass is 584 g/mol. The number of rotatable bonds is 18. The Morgan fingerprint density at radius 3 is 2.46 bits per heavy atom. The van der Waals surface area contributed by atoms with E-state index in [1.165, 1.54) is 36.8 Å². The number of nitrogens with one attached hydrogen (secondary N) is 1. The van der Waals surface area contributed by atoms with Crippen molar-refractivity contribution in [2.45, 2.75) is 103 Å². The molecule has 0 amide bonds. The average molecular weight is 585 g/mol. The summed E-state index contributed by atoms with van der Waals surface area (Å²) in [6.07, 6.45) is 10.3. The van der Waals surface area contributed by atoms with Gasteiger partial charge in [-0.1, -0.05) is 69.4 Å². The molecule has 0 aliphatic heterocycles. The van der Waals surface area contributed by atoms with Gasteiger partial charge in [0.05, 0.1) is 12.2 Å². The number of hydrogen-bond donors (Lipinski definition) is 2. The fourth-order valence-electron chi connectivity index (χ4n) is 5.55. The number of aliphatic hydroxyl groups excluding tert-OH is 1. The Balaban J connectivity index is 0.00000588. The van der Waals surface area contributed by atoms with E-state index in [4.69, 9.17) is 9.47 Å². The smallest absolute Gasteiger partial charge is 0.306 e. The van der Waals surface area contributed by atoms with E-state index in [0.717, 1.165) is 37.7 Å². The Morgan fingerprint density at radius 2 is 1.78 bits per heavy atom. The molecule has 41 heavy (non-hydrogen) atoms. The Labute approximate surface area is 253 Å². The molecule has 0 saturated heterocycles. The first-order valence-electron chi connectivity index (χ1n) is 15.1. The summed E-state index contributed by atoms with van der Waals surface area (Å²) in [5.41, 5.74) is 4.11. The number of nitriles is 1. The molecule has 0 heterocycles. The SMILES string of the molecule is CCCCCCCCOC(=O)CCc1ccc(C#N)c(OCC(O)CNC(C)(C)CC2Cc3ccccc3C2)c1.Cl. The minimum absolute atomic E-state index is 0. The zero-order valence-electron chi connectivity index (χ0n) is 25.1. The van der Waals surface area contributed by atoms with Crippen molar-refractivity contribution in [2.24, 2.45) is 5.92 Å². The number of nitrogens with zero attached hydrogens (tertiary/aromatic N) is 1. The van der Waals surface area contributed by atoms with E-state index in [2.05, 4.69) is 56.4 Å². The lowest BCUT2D eigenvalue weighted by Crippen LogP contribution is -2.46. The van der Waals surface area contributed by atoms with Crippen molar-refractivity contribution in [3.63, 3.8) is 0 Å².